The second-order valence-electron chi connectivity index (χ2n) is 10.2. The number of ether oxygens (including phenoxy) is 1. The maximum absolute atomic E-state index is 12.7. The molecule has 2 saturated heterocycles. The molecule has 2 amide bonds. The van der Waals surface area contributed by atoms with E-state index < -0.39 is 6.36 Å². The van der Waals surface area contributed by atoms with Gasteiger partial charge in [0.05, 0.1) is 13.0 Å². The summed E-state index contributed by atoms with van der Waals surface area (Å²) in [7, 11) is 0. The van der Waals surface area contributed by atoms with Crippen molar-refractivity contribution in [3.05, 3.63) is 59.7 Å². The summed E-state index contributed by atoms with van der Waals surface area (Å²) in [4.78, 5) is 29.4. The van der Waals surface area contributed by atoms with Gasteiger partial charge in [-0.15, -0.1) is 13.2 Å². The molecular formula is C28H34F3N3O3. The van der Waals surface area contributed by atoms with E-state index in [9.17, 15) is 22.8 Å². The minimum Gasteiger partial charge on any atom is -0.406 e. The van der Waals surface area contributed by atoms with Gasteiger partial charge in [0.25, 0.3) is 0 Å². The van der Waals surface area contributed by atoms with Gasteiger partial charge in [-0.2, -0.15) is 0 Å². The number of alkyl halides is 3. The number of nitrogens with one attached hydrogen (secondary N) is 1. The van der Waals surface area contributed by atoms with Gasteiger partial charge in [-0.25, -0.2) is 0 Å². The van der Waals surface area contributed by atoms with E-state index in [0.717, 1.165) is 57.8 Å². The van der Waals surface area contributed by atoms with Crippen LogP contribution in [-0.2, 0) is 16.0 Å². The first-order valence-corrected chi connectivity index (χ1v) is 12.9. The minimum atomic E-state index is -4.78. The zero-order valence-corrected chi connectivity index (χ0v) is 21.1. The van der Waals surface area contributed by atoms with Gasteiger partial charge in [-0.1, -0.05) is 31.2 Å². The zero-order chi connectivity index (χ0) is 26.4. The molecule has 0 spiro atoms. The van der Waals surface area contributed by atoms with Gasteiger partial charge in [0.1, 0.15) is 5.75 Å². The molecule has 4 rings (SSSR count). The number of anilines is 1. The van der Waals surface area contributed by atoms with Crippen LogP contribution in [0.25, 0.3) is 0 Å². The molecular weight excluding hydrogens is 483 g/mol. The van der Waals surface area contributed by atoms with E-state index >= 15 is 0 Å². The summed E-state index contributed by atoms with van der Waals surface area (Å²) in [6, 6.07) is 13.1. The van der Waals surface area contributed by atoms with Crippen molar-refractivity contribution in [2.75, 3.05) is 38.0 Å². The van der Waals surface area contributed by atoms with Crippen LogP contribution in [0.5, 0.6) is 5.75 Å². The highest BCUT2D eigenvalue weighted by atomic mass is 19.4. The molecule has 2 aliphatic heterocycles. The number of amides is 2. The largest absolute Gasteiger partial charge is 0.573 e. The van der Waals surface area contributed by atoms with E-state index in [1.54, 1.807) is 6.07 Å². The van der Waals surface area contributed by atoms with Crippen molar-refractivity contribution >= 4 is 17.5 Å². The predicted molar refractivity (Wildman–Crippen MR) is 135 cm³/mol. The lowest BCUT2D eigenvalue weighted by atomic mass is 9.89. The van der Waals surface area contributed by atoms with Crippen molar-refractivity contribution in [3.63, 3.8) is 0 Å². The normalized spacial score (nSPS) is 18.0. The number of carbonyl (C=O) groups is 2. The van der Waals surface area contributed by atoms with E-state index in [2.05, 4.69) is 21.9 Å². The molecule has 2 aliphatic rings. The number of rotatable bonds is 7. The van der Waals surface area contributed by atoms with E-state index in [0.29, 0.717) is 23.7 Å². The fraction of sp³-hybridized carbons (Fsp3) is 0.500. The second-order valence-corrected chi connectivity index (χ2v) is 10.2. The van der Waals surface area contributed by atoms with Gasteiger partial charge in [0.15, 0.2) is 0 Å². The Morgan fingerprint density at radius 3 is 2.30 bits per heavy atom. The number of benzene rings is 2. The molecule has 0 saturated carbocycles. The van der Waals surface area contributed by atoms with Gasteiger partial charge < -0.3 is 15.0 Å². The van der Waals surface area contributed by atoms with Gasteiger partial charge in [-0.3, -0.25) is 14.5 Å². The Labute approximate surface area is 215 Å². The van der Waals surface area contributed by atoms with Crippen LogP contribution in [0.4, 0.5) is 18.9 Å². The second kappa shape index (κ2) is 12.0. The molecule has 2 aromatic rings. The molecule has 0 bridgehead atoms. The molecule has 0 radical (unpaired) electrons. The molecule has 9 heteroatoms. The Kier molecular flexibility index (Phi) is 8.74. The van der Waals surface area contributed by atoms with Crippen LogP contribution in [0.1, 0.15) is 49.7 Å². The maximum Gasteiger partial charge on any atom is 0.573 e. The monoisotopic (exact) mass is 517 g/mol. The van der Waals surface area contributed by atoms with Crippen molar-refractivity contribution in [2.45, 2.75) is 51.3 Å². The van der Waals surface area contributed by atoms with Crippen molar-refractivity contribution in [3.8, 4) is 5.75 Å². The average Bonchev–Trinajstić information content (AvgIpc) is 2.85. The van der Waals surface area contributed by atoms with Crippen LogP contribution in [-0.4, -0.2) is 60.7 Å². The third-order valence-electron chi connectivity index (χ3n) is 7.25. The summed E-state index contributed by atoms with van der Waals surface area (Å²) in [5, 5.41) is 2.79. The van der Waals surface area contributed by atoms with E-state index in [1.807, 2.05) is 29.2 Å². The fourth-order valence-corrected chi connectivity index (χ4v) is 5.06. The molecule has 2 aromatic carbocycles. The number of likely N-dealkylation sites (tertiary alicyclic amines) is 2. The third-order valence-corrected chi connectivity index (χ3v) is 7.25. The quantitative estimate of drug-likeness (QED) is 0.548. The van der Waals surface area contributed by atoms with Gasteiger partial charge >= 0.3 is 6.36 Å². The maximum atomic E-state index is 12.7. The number of halogens is 3. The Hall–Kier alpha value is -3.07. The molecule has 37 heavy (non-hydrogen) atoms. The highest BCUT2D eigenvalue weighted by molar-refractivity contribution is 5.92. The number of piperidine rings is 2. The highest BCUT2D eigenvalue weighted by Crippen LogP contribution is 2.29. The lowest BCUT2D eigenvalue weighted by Gasteiger charge is -2.35. The predicted octanol–water partition coefficient (Wildman–Crippen LogP) is 5.20. The molecule has 2 fully saturated rings. The summed E-state index contributed by atoms with van der Waals surface area (Å²) in [6.45, 7) is 6.30. The summed E-state index contributed by atoms with van der Waals surface area (Å²) >= 11 is 0. The molecule has 0 atom stereocenters. The SMILES string of the molecule is CC1CCN(CC(=O)N2CCC(c3ccc(NC(=O)Cc4cccc(OC(F)(F)F)c4)cc3)CC2)CC1. The zero-order valence-electron chi connectivity index (χ0n) is 21.1. The molecule has 0 aromatic heterocycles. The van der Waals surface area contributed by atoms with Crippen molar-refractivity contribution in [1.29, 1.82) is 0 Å². The van der Waals surface area contributed by atoms with Crippen LogP contribution < -0.4 is 10.1 Å². The first kappa shape index (κ1) is 27.0. The topological polar surface area (TPSA) is 61.9 Å². The summed E-state index contributed by atoms with van der Waals surface area (Å²) in [6.07, 6.45) is -0.706. The van der Waals surface area contributed by atoms with E-state index in [1.165, 1.54) is 23.8 Å². The molecule has 1 N–H and O–H groups in total. The van der Waals surface area contributed by atoms with Crippen LogP contribution in [0.2, 0.25) is 0 Å². The van der Waals surface area contributed by atoms with Crippen molar-refractivity contribution < 1.29 is 27.5 Å². The van der Waals surface area contributed by atoms with Gasteiger partial charge in [0, 0.05) is 18.8 Å². The Bertz CT molecular complexity index is 1060. The smallest absolute Gasteiger partial charge is 0.406 e. The average molecular weight is 518 g/mol. The third kappa shape index (κ3) is 8.21. The van der Waals surface area contributed by atoms with E-state index in [-0.39, 0.29) is 24.0 Å². The molecule has 0 unspecified atom stereocenters. The van der Waals surface area contributed by atoms with Crippen molar-refractivity contribution in [1.82, 2.24) is 9.80 Å². The molecule has 6 nitrogen and oxygen atoms in total. The highest BCUT2D eigenvalue weighted by Gasteiger charge is 2.31. The summed E-state index contributed by atoms with van der Waals surface area (Å²) < 4.78 is 41.2. The van der Waals surface area contributed by atoms with Crippen LogP contribution in [0.3, 0.4) is 0 Å². The van der Waals surface area contributed by atoms with Gasteiger partial charge in [0.2, 0.25) is 11.8 Å². The molecule has 200 valence electrons. The van der Waals surface area contributed by atoms with Crippen LogP contribution >= 0.6 is 0 Å². The lowest BCUT2D eigenvalue weighted by molar-refractivity contribution is -0.274. The minimum absolute atomic E-state index is 0.0697. The molecule has 0 aliphatic carbocycles. The number of hydrogen-bond acceptors (Lipinski definition) is 4. The van der Waals surface area contributed by atoms with Crippen LogP contribution in [0, 0.1) is 5.92 Å². The lowest BCUT2D eigenvalue weighted by Crippen LogP contribution is -2.45. The number of carbonyl (C=O) groups excluding carboxylic acids is 2. The van der Waals surface area contributed by atoms with E-state index in [4.69, 9.17) is 0 Å². The standard InChI is InChI=1S/C28H34F3N3O3/c1-20-9-13-33(14-10-20)19-27(36)34-15-11-23(12-16-34)22-5-7-24(8-6-22)32-26(35)18-21-3-2-4-25(17-21)37-28(29,30)31/h2-8,17,20,23H,9-16,18-19H2,1H3,(H,32,35). The fourth-order valence-electron chi connectivity index (χ4n) is 5.06. The Morgan fingerprint density at radius 1 is 0.973 bits per heavy atom. The first-order chi connectivity index (χ1) is 17.6. The first-order valence-electron chi connectivity index (χ1n) is 12.9. The Balaban J connectivity index is 1.23. The number of nitrogens with zero attached hydrogens (tertiary/aromatic N) is 2. The summed E-state index contributed by atoms with van der Waals surface area (Å²) in [5.74, 6) is 0.658. The molecule has 2 heterocycles. The Morgan fingerprint density at radius 2 is 1.65 bits per heavy atom. The van der Waals surface area contributed by atoms with Gasteiger partial charge in [-0.05, 0) is 86.0 Å². The number of hydrogen-bond donors (Lipinski definition) is 1. The van der Waals surface area contributed by atoms with Crippen LogP contribution in [0.15, 0.2) is 48.5 Å². The summed E-state index contributed by atoms with van der Waals surface area (Å²) in [5.41, 5.74) is 2.22. The van der Waals surface area contributed by atoms with Crippen molar-refractivity contribution in [2.24, 2.45) is 5.92 Å².